The van der Waals surface area contributed by atoms with Gasteiger partial charge >= 0.3 is 0 Å². The minimum atomic E-state index is 0.869. The second-order valence-corrected chi connectivity index (χ2v) is 8.00. The normalized spacial score (nSPS) is 13.7. The van der Waals surface area contributed by atoms with Crippen LogP contribution < -0.4 is 5.73 Å². The highest BCUT2D eigenvalue weighted by atomic mass is 32.1. The summed E-state index contributed by atoms with van der Waals surface area (Å²) in [6.45, 7) is 4.19. The minimum absolute atomic E-state index is 0.869. The lowest BCUT2D eigenvalue weighted by atomic mass is 9.90. The molecule has 3 aromatic rings. The summed E-state index contributed by atoms with van der Waals surface area (Å²) in [4.78, 5) is 4.91. The number of aromatic nitrogens is 1. The molecule has 4 rings (SSSR count). The number of aryl methyl sites for hydroxylation is 4. The van der Waals surface area contributed by atoms with Gasteiger partial charge in [0.2, 0.25) is 0 Å². The molecular weight excluding hydrogens is 324 g/mol. The van der Waals surface area contributed by atoms with Gasteiger partial charge in [0.15, 0.2) is 0 Å². The molecule has 2 nitrogen and oxygen atoms in total. The van der Waals surface area contributed by atoms with E-state index in [4.69, 9.17) is 10.7 Å². The van der Waals surface area contributed by atoms with E-state index in [0.29, 0.717) is 0 Å². The predicted octanol–water partition coefficient (Wildman–Crippen LogP) is 5.48. The number of hydrogen-bond acceptors (Lipinski definition) is 3. The van der Waals surface area contributed by atoms with Crippen LogP contribution in [0.1, 0.15) is 46.4 Å². The molecule has 0 amide bonds. The highest BCUT2D eigenvalue weighted by Gasteiger charge is 2.13. The molecule has 0 fully saturated rings. The Morgan fingerprint density at radius 2 is 1.80 bits per heavy atom. The Bertz CT molecular complexity index is 924. The lowest BCUT2D eigenvalue weighted by molar-refractivity contribution is 0.686. The largest absolute Gasteiger partial charge is 0.399 e. The van der Waals surface area contributed by atoms with Crippen LogP contribution in [-0.2, 0) is 19.3 Å². The molecule has 1 aliphatic rings. The molecule has 0 atom stereocenters. The zero-order valence-corrected chi connectivity index (χ0v) is 15.7. The fourth-order valence-electron chi connectivity index (χ4n) is 3.67. The van der Waals surface area contributed by atoms with Gasteiger partial charge in [-0.05, 0) is 79.5 Å². The van der Waals surface area contributed by atoms with Crippen LogP contribution in [0.15, 0.2) is 35.7 Å². The van der Waals surface area contributed by atoms with Gasteiger partial charge in [-0.3, -0.25) is 0 Å². The maximum atomic E-state index is 6.01. The van der Waals surface area contributed by atoms with Gasteiger partial charge in [-0.2, -0.15) is 0 Å². The van der Waals surface area contributed by atoms with Crippen LogP contribution in [-0.4, -0.2) is 4.98 Å². The van der Waals surface area contributed by atoms with Gasteiger partial charge in [0.1, 0.15) is 5.01 Å². The molecular formula is C22H24N2S. The van der Waals surface area contributed by atoms with Crippen LogP contribution >= 0.6 is 11.3 Å². The number of rotatable bonds is 3. The third-order valence-corrected chi connectivity index (χ3v) is 6.18. The molecule has 0 bridgehead atoms. The van der Waals surface area contributed by atoms with Crippen molar-refractivity contribution < 1.29 is 0 Å². The number of nitrogens with zero attached hydrogens (tertiary/aromatic N) is 1. The molecule has 128 valence electrons. The second kappa shape index (κ2) is 6.64. The lowest BCUT2D eigenvalue weighted by Gasteiger charge is -2.15. The summed E-state index contributed by atoms with van der Waals surface area (Å²) in [6.07, 6.45) is 5.96. The summed E-state index contributed by atoms with van der Waals surface area (Å²) in [7, 11) is 0. The van der Waals surface area contributed by atoms with Crippen molar-refractivity contribution in [3.05, 3.63) is 69.2 Å². The van der Waals surface area contributed by atoms with E-state index in [1.807, 2.05) is 0 Å². The monoisotopic (exact) mass is 348 g/mol. The zero-order chi connectivity index (χ0) is 17.4. The number of hydrogen-bond donors (Lipinski definition) is 1. The van der Waals surface area contributed by atoms with E-state index in [-0.39, 0.29) is 0 Å². The molecule has 25 heavy (non-hydrogen) atoms. The van der Waals surface area contributed by atoms with E-state index in [1.165, 1.54) is 53.5 Å². The fraction of sp³-hybridized carbons (Fsp3) is 0.318. The molecule has 3 heteroatoms. The van der Waals surface area contributed by atoms with Crippen molar-refractivity contribution in [2.24, 2.45) is 0 Å². The number of benzene rings is 2. The smallest absolute Gasteiger partial charge is 0.123 e. The Morgan fingerprint density at radius 3 is 2.64 bits per heavy atom. The van der Waals surface area contributed by atoms with E-state index in [9.17, 15) is 0 Å². The first-order chi connectivity index (χ1) is 12.1. The van der Waals surface area contributed by atoms with Crippen LogP contribution in [0.25, 0.3) is 10.6 Å². The SMILES string of the molecule is Cc1cc(Cc2csc(-c3ccc4c(c3)CCCC4)n2)c(C)cc1N. The molecule has 1 aromatic heterocycles. The van der Waals surface area contributed by atoms with Crippen LogP contribution in [0.5, 0.6) is 0 Å². The van der Waals surface area contributed by atoms with Gasteiger partial charge in [0, 0.05) is 23.1 Å². The number of anilines is 1. The molecule has 0 saturated heterocycles. The highest BCUT2D eigenvalue weighted by Crippen LogP contribution is 2.30. The number of nitrogen functional groups attached to an aromatic ring is 1. The van der Waals surface area contributed by atoms with Gasteiger partial charge in [-0.15, -0.1) is 11.3 Å². The van der Waals surface area contributed by atoms with E-state index in [2.05, 4.69) is 49.6 Å². The van der Waals surface area contributed by atoms with E-state index >= 15 is 0 Å². The predicted molar refractivity (Wildman–Crippen MR) is 107 cm³/mol. The third-order valence-electron chi connectivity index (χ3n) is 5.24. The molecule has 1 aliphatic carbocycles. The van der Waals surface area contributed by atoms with Crippen molar-refractivity contribution in [2.75, 3.05) is 5.73 Å². The van der Waals surface area contributed by atoms with Crippen molar-refractivity contribution in [3.63, 3.8) is 0 Å². The first-order valence-electron chi connectivity index (χ1n) is 9.02. The second-order valence-electron chi connectivity index (χ2n) is 7.15. The maximum Gasteiger partial charge on any atom is 0.123 e. The molecule has 1 heterocycles. The first-order valence-corrected chi connectivity index (χ1v) is 9.90. The van der Waals surface area contributed by atoms with Crippen LogP contribution in [0, 0.1) is 13.8 Å². The summed E-state index contributed by atoms with van der Waals surface area (Å²) in [5.41, 5.74) is 16.0. The summed E-state index contributed by atoms with van der Waals surface area (Å²) in [5, 5.41) is 3.33. The lowest BCUT2D eigenvalue weighted by Crippen LogP contribution is -2.02. The summed E-state index contributed by atoms with van der Waals surface area (Å²) >= 11 is 1.75. The molecule has 0 radical (unpaired) electrons. The van der Waals surface area contributed by atoms with E-state index < -0.39 is 0 Å². The Hall–Kier alpha value is -2.13. The number of fused-ring (bicyclic) bond motifs is 1. The fourth-order valence-corrected chi connectivity index (χ4v) is 4.49. The first kappa shape index (κ1) is 16.3. The van der Waals surface area contributed by atoms with Crippen molar-refractivity contribution in [3.8, 4) is 10.6 Å². The highest BCUT2D eigenvalue weighted by molar-refractivity contribution is 7.13. The zero-order valence-electron chi connectivity index (χ0n) is 14.9. The molecule has 0 aliphatic heterocycles. The van der Waals surface area contributed by atoms with Gasteiger partial charge in [0.05, 0.1) is 5.69 Å². The van der Waals surface area contributed by atoms with Crippen LogP contribution in [0.2, 0.25) is 0 Å². The molecule has 0 saturated carbocycles. The summed E-state index contributed by atoms with van der Waals surface area (Å²) in [6, 6.07) is 11.2. The molecule has 0 spiro atoms. The third kappa shape index (κ3) is 3.34. The molecule has 2 aromatic carbocycles. The number of nitrogens with two attached hydrogens (primary N) is 1. The quantitative estimate of drug-likeness (QED) is 0.637. The molecule has 0 unspecified atom stereocenters. The van der Waals surface area contributed by atoms with Crippen LogP contribution in [0.4, 0.5) is 5.69 Å². The Kier molecular flexibility index (Phi) is 4.34. The van der Waals surface area contributed by atoms with Gasteiger partial charge in [0.25, 0.3) is 0 Å². The van der Waals surface area contributed by atoms with Gasteiger partial charge in [-0.1, -0.05) is 18.2 Å². The van der Waals surface area contributed by atoms with Crippen LogP contribution in [0.3, 0.4) is 0 Å². The van der Waals surface area contributed by atoms with Crippen molar-refractivity contribution in [1.82, 2.24) is 4.98 Å². The Balaban J connectivity index is 1.59. The van der Waals surface area contributed by atoms with Gasteiger partial charge in [-0.25, -0.2) is 4.98 Å². The standard InChI is InChI=1S/C22H24N2S/c1-14-10-21(23)15(2)9-19(14)12-20-13-25-22(24-20)18-8-7-16-5-3-4-6-17(16)11-18/h7-11,13H,3-6,12,23H2,1-2H3. The summed E-state index contributed by atoms with van der Waals surface area (Å²) < 4.78 is 0. The van der Waals surface area contributed by atoms with Gasteiger partial charge < -0.3 is 5.73 Å². The van der Waals surface area contributed by atoms with E-state index in [0.717, 1.165) is 28.4 Å². The average Bonchev–Trinajstić information content (AvgIpc) is 3.08. The minimum Gasteiger partial charge on any atom is -0.399 e. The number of thiazole rings is 1. The molecule has 2 N–H and O–H groups in total. The summed E-state index contributed by atoms with van der Waals surface area (Å²) in [5.74, 6) is 0. The van der Waals surface area contributed by atoms with Crippen molar-refractivity contribution in [1.29, 1.82) is 0 Å². The Labute approximate surface area is 153 Å². The topological polar surface area (TPSA) is 38.9 Å². The maximum absolute atomic E-state index is 6.01. The Morgan fingerprint density at radius 1 is 1.00 bits per heavy atom. The average molecular weight is 349 g/mol. The van der Waals surface area contributed by atoms with Crippen molar-refractivity contribution in [2.45, 2.75) is 46.0 Å². The van der Waals surface area contributed by atoms with E-state index in [1.54, 1.807) is 11.3 Å². The van der Waals surface area contributed by atoms with Crippen molar-refractivity contribution >= 4 is 17.0 Å².